The van der Waals surface area contributed by atoms with E-state index in [2.05, 4.69) is 5.32 Å². The van der Waals surface area contributed by atoms with Crippen molar-refractivity contribution in [3.63, 3.8) is 0 Å². The van der Waals surface area contributed by atoms with Gasteiger partial charge in [-0.3, -0.25) is 0 Å². The normalized spacial score (nSPS) is 18.4. The van der Waals surface area contributed by atoms with Crippen molar-refractivity contribution < 1.29 is 9.90 Å². The van der Waals surface area contributed by atoms with Crippen LogP contribution >= 0.6 is 11.6 Å². The third-order valence-corrected chi connectivity index (χ3v) is 4.70. The summed E-state index contributed by atoms with van der Waals surface area (Å²) in [6, 6.07) is 16.9. The molecule has 5 heteroatoms. The number of nitrogens with one attached hydrogen (secondary N) is 1. The highest BCUT2D eigenvalue weighted by molar-refractivity contribution is 6.30. The molecule has 1 fully saturated rings. The minimum Gasteiger partial charge on any atom is -0.394 e. The SMILES string of the molecule is O=C(NC(c1ccccc1)c1ccc(Cl)cc1)N1CCCC1CO. The molecule has 0 bridgehead atoms. The summed E-state index contributed by atoms with van der Waals surface area (Å²) in [4.78, 5) is 14.4. The van der Waals surface area contributed by atoms with Gasteiger partial charge in [0.15, 0.2) is 0 Å². The fourth-order valence-corrected chi connectivity index (χ4v) is 3.29. The molecule has 1 saturated heterocycles. The van der Waals surface area contributed by atoms with Gasteiger partial charge in [0, 0.05) is 11.6 Å². The molecule has 1 aliphatic rings. The second-order valence-corrected chi connectivity index (χ2v) is 6.45. The number of rotatable bonds is 4. The molecule has 0 aromatic heterocycles. The molecule has 0 aliphatic carbocycles. The third-order valence-electron chi connectivity index (χ3n) is 4.45. The van der Waals surface area contributed by atoms with Gasteiger partial charge in [-0.15, -0.1) is 0 Å². The lowest BCUT2D eigenvalue weighted by Gasteiger charge is -2.27. The number of benzene rings is 2. The zero-order chi connectivity index (χ0) is 16.9. The van der Waals surface area contributed by atoms with Crippen molar-refractivity contribution in [1.29, 1.82) is 0 Å². The smallest absolute Gasteiger partial charge is 0.318 e. The largest absolute Gasteiger partial charge is 0.394 e. The molecule has 24 heavy (non-hydrogen) atoms. The highest BCUT2D eigenvalue weighted by Gasteiger charge is 2.29. The van der Waals surface area contributed by atoms with Crippen molar-refractivity contribution in [2.75, 3.05) is 13.2 Å². The number of likely N-dealkylation sites (tertiary alicyclic amines) is 1. The van der Waals surface area contributed by atoms with E-state index in [0.717, 1.165) is 24.0 Å². The molecule has 1 heterocycles. The Morgan fingerprint density at radius 2 is 1.83 bits per heavy atom. The first-order valence-corrected chi connectivity index (χ1v) is 8.55. The van der Waals surface area contributed by atoms with Crippen molar-refractivity contribution in [2.45, 2.75) is 24.9 Å². The van der Waals surface area contributed by atoms with Crippen LogP contribution in [0.1, 0.15) is 30.0 Å². The van der Waals surface area contributed by atoms with Crippen LogP contribution in [-0.4, -0.2) is 35.2 Å². The van der Waals surface area contributed by atoms with Crippen molar-refractivity contribution in [1.82, 2.24) is 10.2 Å². The molecule has 2 N–H and O–H groups in total. The predicted molar refractivity (Wildman–Crippen MR) is 95.1 cm³/mol. The lowest BCUT2D eigenvalue weighted by Crippen LogP contribution is -2.45. The van der Waals surface area contributed by atoms with Crippen LogP contribution in [0.5, 0.6) is 0 Å². The lowest BCUT2D eigenvalue weighted by atomic mass is 9.99. The fourth-order valence-electron chi connectivity index (χ4n) is 3.16. The van der Waals surface area contributed by atoms with Gasteiger partial charge in [0.2, 0.25) is 0 Å². The quantitative estimate of drug-likeness (QED) is 0.890. The lowest BCUT2D eigenvalue weighted by molar-refractivity contribution is 0.155. The Morgan fingerprint density at radius 3 is 2.50 bits per heavy atom. The van der Waals surface area contributed by atoms with E-state index in [1.807, 2.05) is 54.6 Å². The summed E-state index contributed by atoms with van der Waals surface area (Å²) in [7, 11) is 0. The molecule has 0 spiro atoms. The molecule has 0 radical (unpaired) electrons. The Bertz CT molecular complexity index is 676. The molecule has 2 atom stereocenters. The van der Waals surface area contributed by atoms with Gasteiger partial charge in [0.25, 0.3) is 0 Å². The molecule has 2 aromatic rings. The van der Waals surface area contributed by atoms with Gasteiger partial charge in [0.1, 0.15) is 0 Å². The molecule has 2 amide bonds. The van der Waals surface area contributed by atoms with Crippen molar-refractivity contribution >= 4 is 17.6 Å². The first-order valence-electron chi connectivity index (χ1n) is 8.17. The summed E-state index contributed by atoms with van der Waals surface area (Å²) in [5, 5.41) is 13.2. The number of urea groups is 1. The molecule has 2 unspecified atom stereocenters. The van der Waals surface area contributed by atoms with Crippen LogP contribution in [-0.2, 0) is 0 Å². The number of aliphatic hydroxyl groups is 1. The van der Waals surface area contributed by atoms with Crippen LogP contribution in [0.2, 0.25) is 5.02 Å². The topological polar surface area (TPSA) is 52.6 Å². The first-order chi connectivity index (χ1) is 11.7. The Kier molecular flexibility index (Phi) is 5.38. The van der Waals surface area contributed by atoms with Crippen LogP contribution in [0.15, 0.2) is 54.6 Å². The van der Waals surface area contributed by atoms with Crippen LogP contribution < -0.4 is 5.32 Å². The summed E-state index contributed by atoms with van der Waals surface area (Å²) >= 11 is 5.99. The summed E-state index contributed by atoms with van der Waals surface area (Å²) < 4.78 is 0. The molecule has 4 nitrogen and oxygen atoms in total. The van der Waals surface area contributed by atoms with Gasteiger partial charge in [-0.25, -0.2) is 4.79 Å². The van der Waals surface area contributed by atoms with Crippen LogP contribution in [0.25, 0.3) is 0 Å². The van der Waals surface area contributed by atoms with Crippen LogP contribution in [0, 0.1) is 0 Å². The number of halogens is 1. The average molecular weight is 345 g/mol. The van der Waals surface area contributed by atoms with E-state index in [-0.39, 0.29) is 24.7 Å². The molecule has 126 valence electrons. The zero-order valence-electron chi connectivity index (χ0n) is 13.4. The van der Waals surface area contributed by atoms with E-state index < -0.39 is 0 Å². The van der Waals surface area contributed by atoms with E-state index in [1.54, 1.807) is 4.90 Å². The second-order valence-electron chi connectivity index (χ2n) is 6.02. The van der Waals surface area contributed by atoms with E-state index in [9.17, 15) is 9.90 Å². The van der Waals surface area contributed by atoms with E-state index >= 15 is 0 Å². The van der Waals surface area contributed by atoms with Crippen LogP contribution in [0.4, 0.5) is 4.79 Å². The monoisotopic (exact) mass is 344 g/mol. The maximum Gasteiger partial charge on any atom is 0.318 e. The first kappa shape index (κ1) is 16.8. The molecule has 3 rings (SSSR count). The highest BCUT2D eigenvalue weighted by atomic mass is 35.5. The molecular weight excluding hydrogens is 324 g/mol. The summed E-state index contributed by atoms with van der Waals surface area (Å²) in [6.07, 6.45) is 1.77. The minimum atomic E-state index is -0.254. The van der Waals surface area contributed by atoms with E-state index in [4.69, 9.17) is 11.6 Å². The molecule has 2 aromatic carbocycles. The van der Waals surface area contributed by atoms with Crippen molar-refractivity contribution in [2.24, 2.45) is 0 Å². The van der Waals surface area contributed by atoms with Gasteiger partial charge < -0.3 is 15.3 Å². The van der Waals surface area contributed by atoms with Gasteiger partial charge in [0.05, 0.1) is 18.7 Å². The molecular formula is C19H21ClN2O2. The van der Waals surface area contributed by atoms with Crippen LogP contribution in [0.3, 0.4) is 0 Å². The number of nitrogens with zero attached hydrogens (tertiary/aromatic N) is 1. The number of carbonyl (C=O) groups excluding carboxylic acids is 1. The summed E-state index contributed by atoms with van der Waals surface area (Å²) in [6.45, 7) is 0.684. The zero-order valence-corrected chi connectivity index (χ0v) is 14.1. The Labute approximate surface area is 147 Å². The summed E-state index contributed by atoms with van der Waals surface area (Å²) in [5.41, 5.74) is 1.98. The summed E-state index contributed by atoms with van der Waals surface area (Å²) in [5.74, 6) is 0. The second kappa shape index (κ2) is 7.69. The average Bonchev–Trinajstić information content (AvgIpc) is 3.10. The standard InChI is InChI=1S/C19H21ClN2O2/c20-16-10-8-15(9-11-16)18(14-5-2-1-3-6-14)21-19(24)22-12-4-7-17(22)13-23/h1-3,5-6,8-11,17-18,23H,4,7,12-13H2,(H,21,24). The van der Waals surface area contributed by atoms with Gasteiger partial charge >= 0.3 is 6.03 Å². The van der Waals surface area contributed by atoms with Crippen molar-refractivity contribution in [3.8, 4) is 0 Å². The number of carbonyl (C=O) groups is 1. The highest BCUT2D eigenvalue weighted by Crippen LogP contribution is 2.25. The van der Waals surface area contributed by atoms with Gasteiger partial charge in [-0.2, -0.15) is 0 Å². The Hall–Kier alpha value is -2.04. The number of aliphatic hydroxyl groups excluding tert-OH is 1. The van der Waals surface area contributed by atoms with Gasteiger partial charge in [-0.1, -0.05) is 54.1 Å². The maximum atomic E-state index is 12.7. The number of hydrogen-bond donors (Lipinski definition) is 2. The Balaban J connectivity index is 1.85. The third kappa shape index (κ3) is 3.71. The maximum absolute atomic E-state index is 12.7. The predicted octanol–water partition coefficient (Wildman–Crippen LogP) is 3.60. The number of hydrogen-bond acceptors (Lipinski definition) is 2. The van der Waals surface area contributed by atoms with E-state index in [1.165, 1.54) is 0 Å². The molecule has 0 saturated carbocycles. The molecule has 1 aliphatic heterocycles. The van der Waals surface area contributed by atoms with E-state index in [0.29, 0.717) is 11.6 Å². The van der Waals surface area contributed by atoms with Crippen molar-refractivity contribution in [3.05, 3.63) is 70.7 Å². The number of amides is 2. The Morgan fingerprint density at radius 1 is 1.17 bits per heavy atom. The van der Waals surface area contributed by atoms with Gasteiger partial charge in [-0.05, 0) is 36.1 Å². The fraction of sp³-hybridized carbons (Fsp3) is 0.316. The minimum absolute atomic E-state index is 0.00433.